The lowest BCUT2D eigenvalue weighted by molar-refractivity contribution is -0.221. The molecule has 2 heterocycles. The maximum atomic E-state index is 13.7. The SMILES string of the molecule is CCOC(C)OC1(C)CCC(O[Si](CC)(CC)CC)CC(=O)OC(/C(C)=C/C=C/C(C)CC2OC2C(C)C(CC)OC(=O)c2ccccc2)C(C)/C=C/C1O. The smallest absolute Gasteiger partial charge is 0.338 e. The van der Waals surface area contributed by atoms with Crippen LogP contribution in [0.3, 0.4) is 0 Å². The fourth-order valence-corrected chi connectivity index (χ4v) is 10.7. The first-order valence-electron chi connectivity index (χ1n) is 20.9. The topological polar surface area (TPSA) is 113 Å². The van der Waals surface area contributed by atoms with Crippen molar-refractivity contribution in [2.75, 3.05) is 6.61 Å². The van der Waals surface area contributed by atoms with Crippen LogP contribution in [0.1, 0.15) is 119 Å². The van der Waals surface area contributed by atoms with E-state index in [1.165, 1.54) is 0 Å². The number of benzene rings is 1. The number of carbonyl (C=O) groups is 2. The van der Waals surface area contributed by atoms with Crippen molar-refractivity contribution in [3.63, 3.8) is 0 Å². The molecule has 1 aromatic carbocycles. The molecule has 0 aliphatic carbocycles. The first-order chi connectivity index (χ1) is 26.1. The summed E-state index contributed by atoms with van der Waals surface area (Å²) >= 11 is 0. The van der Waals surface area contributed by atoms with Crippen LogP contribution in [0.25, 0.3) is 0 Å². The van der Waals surface area contributed by atoms with Crippen LogP contribution in [-0.4, -0.2) is 80.5 Å². The van der Waals surface area contributed by atoms with Crippen LogP contribution in [0.2, 0.25) is 18.1 Å². The van der Waals surface area contributed by atoms with Gasteiger partial charge in [-0.15, -0.1) is 0 Å². The van der Waals surface area contributed by atoms with Gasteiger partial charge in [-0.3, -0.25) is 4.79 Å². The van der Waals surface area contributed by atoms with E-state index in [0.29, 0.717) is 25.0 Å². The second-order valence-corrected chi connectivity index (χ2v) is 20.7. The molecule has 11 atom stereocenters. The van der Waals surface area contributed by atoms with Crippen molar-refractivity contribution in [2.24, 2.45) is 17.8 Å². The maximum absolute atomic E-state index is 13.7. The Morgan fingerprint density at radius 2 is 1.73 bits per heavy atom. The molecule has 0 bridgehead atoms. The molecule has 0 amide bonds. The minimum atomic E-state index is -2.06. The van der Waals surface area contributed by atoms with Crippen molar-refractivity contribution in [3.8, 4) is 0 Å². The number of esters is 2. The molecule has 0 radical (unpaired) electrons. The average Bonchev–Trinajstić information content (AvgIpc) is 3.94. The Labute approximate surface area is 333 Å². The highest BCUT2D eigenvalue weighted by molar-refractivity contribution is 6.73. The van der Waals surface area contributed by atoms with Gasteiger partial charge in [-0.2, -0.15) is 0 Å². The van der Waals surface area contributed by atoms with Gasteiger partial charge in [0, 0.05) is 18.4 Å². The Morgan fingerprint density at radius 3 is 2.35 bits per heavy atom. The quantitative estimate of drug-likeness (QED) is 0.0366. The highest BCUT2D eigenvalue weighted by atomic mass is 28.4. The first-order valence-corrected chi connectivity index (χ1v) is 23.5. The first kappa shape index (κ1) is 46.8. The van der Waals surface area contributed by atoms with Gasteiger partial charge in [-0.1, -0.05) is 97.0 Å². The molecule has 0 aromatic heterocycles. The lowest BCUT2D eigenvalue weighted by Gasteiger charge is -2.39. The molecule has 1 fully saturated rings. The van der Waals surface area contributed by atoms with E-state index in [0.717, 1.165) is 36.5 Å². The van der Waals surface area contributed by atoms with E-state index in [-0.39, 0.29) is 60.5 Å². The molecule has 2 aliphatic rings. The molecule has 11 unspecified atom stereocenters. The number of aliphatic hydroxyl groups is 1. The third-order valence-electron chi connectivity index (χ3n) is 11.8. The molecule has 0 saturated carbocycles. The maximum Gasteiger partial charge on any atom is 0.338 e. The summed E-state index contributed by atoms with van der Waals surface area (Å²) in [6, 6.07) is 12.0. The molecule has 1 N–H and O–H groups in total. The summed E-state index contributed by atoms with van der Waals surface area (Å²) in [7, 11) is -2.06. The van der Waals surface area contributed by atoms with Crippen LogP contribution >= 0.6 is 0 Å². The van der Waals surface area contributed by atoms with Gasteiger partial charge in [0.15, 0.2) is 14.6 Å². The van der Waals surface area contributed by atoms with E-state index in [9.17, 15) is 14.7 Å². The van der Waals surface area contributed by atoms with E-state index in [1.807, 2.05) is 78.0 Å². The van der Waals surface area contributed by atoms with Gasteiger partial charge in [0.05, 0.1) is 35.9 Å². The molecule has 310 valence electrons. The number of epoxide rings is 1. The van der Waals surface area contributed by atoms with Gasteiger partial charge < -0.3 is 33.2 Å². The monoisotopic (exact) mass is 784 g/mol. The molecule has 0 spiro atoms. The predicted molar refractivity (Wildman–Crippen MR) is 221 cm³/mol. The fraction of sp³-hybridized carbons (Fsp3) is 0.689. The molecule has 55 heavy (non-hydrogen) atoms. The molecule has 1 saturated heterocycles. The molecule has 10 heteroatoms. The van der Waals surface area contributed by atoms with E-state index in [1.54, 1.807) is 18.2 Å². The minimum Gasteiger partial charge on any atom is -0.458 e. The second kappa shape index (κ2) is 22.4. The zero-order valence-electron chi connectivity index (χ0n) is 35.6. The van der Waals surface area contributed by atoms with Crippen molar-refractivity contribution in [1.29, 1.82) is 0 Å². The lowest BCUT2D eigenvalue weighted by Crippen LogP contribution is -2.46. The molecule has 3 rings (SSSR count). The number of allylic oxidation sites excluding steroid dienone is 3. The summed E-state index contributed by atoms with van der Waals surface area (Å²) in [4.78, 5) is 26.4. The van der Waals surface area contributed by atoms with Crippen LogP contribution in [0, 0.1) is 17.8 Å². The van der Waals surface area contributed by atoms with E-state index in [4.69, 9.17) is 28.1 Å². The number of hydrogen-bond acceptors (Lipinski definition) is 9. The summed E-state index contributed by atoms with van der Waals surface area (Å²) in [5, 5.41) is 11.6. The summed E-state index contributed by atoms with van der Waals surface area (Å²) < 4.78 is 37.2. The van der Waals surface area contributed by atoms with Crippen molar-refractivity contribution < 1.29 is 42.8 Å². The fourth-order valence-electron chi connectivity index (χ4n) is 7.80. The summed E-state index contributed by atoms with van der Waals surface area (Å²) in [6.45, 7) is 23.0. The Hall–Kier alpha value is -2.60. The predicted octanol–water partition coefficient (Wildman–Crippen LogP) is 9.75. The van der Waals surface area contributed by atoms with Crippen molar-refractivity contribution in [1.82, 2.24) is 0 Å². The summed E-state index contributed by atoms with van der Waals surface area (Å²) in [5.74, 6) is -0.489. The van der Waals surface area contributed by atoms with Gasteiger partial charge in [0.25, 0.3) is 0 Å². The van der Waals surface area contributed by atoms with Crippen molar-refractivity contribution in [2.45, 2.75) is 175 Å². The van der Waals surface area contributed by atoms with Crippen LogP contribution in [0.5, 0.6) is 0 Å². The highest BCUT2D eigenvalue weighted by Crippen LogP contribution is 2.38. The van der Waals surface area contributed by atoms with E-state index < -0.39 is 32.4 Å². The zero-order valence-corrected chi connectivity index (χ0v) is 36.6. The largest absolute Gasteiger partial charge is 0.458 e. The van der Waals surface area contributed by atoms with Gasteiger partial charge in [0.1, 0.15) is 18.3 Å². The number of aliphatic hydroxyl groups excluding tert-OH is 1. The number of carbonyl (C=O) groups excluding carboxylic acids is 2. The molecular weight excluding hydrogens is 713 g/mol. The summed E-state index contributed by atoms with van der Waals surface area (Å²) in [6.07, 6.45) is 10.3. The van der Waals surface area contributed by atoms with Crippen LogP contribution in [0.15, 0.2) is 66.3 Å². The molecule has 2 aliphatic heterocycles. The van der Waals surface area contributed by atoms with E-state index in [2.05, 4.69) is 40.7 Å². The highest BCUT2D eigenvalue weighted by Gasteiger charge is 2.46. The Kier molecular flexibility index (Phi) is 19.0. The number of hydrogen-bond donors (Lipinski definition) is 1. The van der Waals surface area contributed by atoms with Crippen molar-refractivity contribution in [3.05, 3.63) is 71.8 Å². The number of ether oxygens (including phenoxy) is 5. The standard InChI is InChI=1S/C45H72O9Si/c1-12-38(51-44(48)36-23-18-17-19-24-36)34(9)43-39(50-43)29-31(6)21-20-22-32(7)42-33(8)25-26-40(46)45(11,53-35(10)49-13-2)28-27-37(30-41(47)52-42)54-55(14-3,15-4)16-5/h17-26,31,33-35,37-40,42-43,46H,12-16,27-30H2,1-11H3/b21-20+,26-25+,32-22+. The molecule has 9 nitrogen and oxygen atoms in total. The summed E-state index contributed by atoms with van der Waals surface area (Å²) in [5.41, 5.74) is 0.511. The van der Waals surface area contributed by atoms with Gasteiger partial charge in [-0.25, -0.2) is 4.79 Å². The van der Waals surface area contributed by atoms with E-state index >= 15 is 0 Å². The lowest BCUT2D eigenvalue weighted by atomic mass is 9.88. The zero-order chi connectivity index (χ0) is 40.8. The Bertz CT molecular complexity index is 1400. The van der Waals surface area contributed by atoms with Crippen LogP contribution < -0.4 is 0 Å². The molecular formula is C45H72O9Si. The van der Waals surface area contributed by atoms with Gasteiger partial charge >= 0.3 is 11.9 Å². The van der Waals surface area contributed by atoms with Gasteiger partial charge in [-0.05, 0) is 95.1 Å². The van der Waals surface area contributed by atoms with Gasteiger partial charge in [0.2, 0.25) is 0 Å². The van der Waals surface area contributed by atoms with Crippen LogP contribution in [0.4, 0.5) is 0 Å². The van der Waals surface area contributed by atoms with Crippen LogP contribution in [-0.2, 0) is 32.9 Å². The average molecular weight is 785 g/mol. The Morgan fingerprint density at radius 1 is 1.05 bits per heavy atom. The Balaban J connectivity index is 1.73. The third kappa shape index (κ3) is 14.1. The number of cyclic esters (lactones) is 1. The second-order valence-electron chi connectivity index (χ2n) is 16.0. The normalized spacial score (nSPS) is 29.7. The number of rotatable bonds is 19. The third-order valence-corrected chi connectivity index (χ3v) is 16.4. The minimum absolute atomic E-state index is 0.0440. The molecule has 1 aromatic rings. The van der Waals surface area contributed by atoms with Crippen molar-refractivity contribution >= 4 is 20.3 Å².